The molecule has 0 radical (unpaired) electrons. The smallest absolute Gasteiger partial charge is 0.354 e. The number of aromatic carboxylic acids is 2. The van der Waals surface area contributed by atoms with Gasteiger partial charge in [-0.15, -0.1) is 0 Å². The minimum Gasteiger partial charge on any atom is -0.480 e. The number of aromatic nitrogens is 3. The molecule has 0 spiro atoms. The van der Waals surface area contributed by atoms with Crippen molar-refractivity contribution in [2.75, 3.05) is 231 Å². The number of amides is 2. The number of hydrogen-bond donors (Lipinski definition) is 13. The zero-order chi connectivity index (χ0) is 92.3. The molecule has 14 N–H and O–H groups in total. The van der Waals surface area contributed by atoms with Gasteiger partial charge in [-0.1, -0.05) is 37.3 Å². The van der Waals surface area contributed by atoms with Crippen LogP contribution in [0, 0.1) is 11.3 Å². The molecule has 2 amide bonds. The van der Waals surface area contributed by atoms with E-state index in [0.717, 1.165) is 35.5 Å². The number of nitrogens with two attached hydrogens (primary N) is 1. The van der Waals surface area contributed by atoms with Gasteiger partial charge >= 0.3 is 29.8 Å². The van der Waals surface area contributed by atoms with Crippen LogP contribution in [0.5, 0.6) is 0 Å². The summed E-state index contributed by atoms with van der Waals surface area (Å²) in [6.45, 7) is 9.87. The van der Waals surface area contributed by atoms with Gasteiger partial charge in [0.2, 0.25) is 5.91 Å². The molecule has 2 aliphatic heterocycles. The number of rotatable bonds is 47. The van der Waals surface area contributed by atoms with Gasteiger partial charge in [0, 0.05) is 164 Å². The van der Waals surface area contributed by atoms with Crippen LogP contribution >= 0.6 is 36.7 Å². The minimum atomic E-state index is -3.19. The quantitative estimate of drug-likeness (QED) is 0.0185. The van der Waals surface area contributed by atoms with Gasteiger partial charge in [-0.2, -0.15) is 5.26 Å². The van der Waals surface area contributed by atoms with E-state index in [4.69, 9.17) is 61.3 Å². The van der Waals surface area contributed by atoms with Crippen LogP contribution in [-0.2, 0) is 57.6 Å². The fourth-order valence-electron chi connectivity index (χ4n) is 14.3. The van der Waals surface area contributed by atoms with Crippen molar-refractivity contribution in [2.24, 2.45) is 5.73 Å². The number of carbonyl (C=O) groups excluding carboxylic acids is 3. The minimum absolute atomic E-state index is 0.0321. The fraction of sp³-hybridized carbons (Fsp3) is 0.500. The number of Topliss-reactive ketones (excluding diaryl/α,β-unsaturated/α-hetero) is 1. The van der Waals surface area contributed by atoms with Crippen molar-refractivity contribution in [3.63, 3.8) is 0 Å². The Balaban J connectivity index is 0.854. The number of carbonyl (C=O) groups is 8. The molecule has 42 heteroatoms. The van der Waals surface area contributed by atoms with Crippen LogP contribution in [0.25, 0.3) is 10.9 Å². The van der Waals surface area contributed by atoms with E-state index >= 15 is 0 Å². The van der Waals surface area contributed by atoms with E-state index in [1.807, 2.05) is 41.1 Å². The van der Waals surface area contributed by atoms with Crippen LogP contribution in [0.4, 0.5) is 31.5 Å². The SMILES string of the molecule is CCN(CCN(CC(=O)O)C(CNCC(=O)O)Cc1ccc(NC(=S)NCCN(CCNC(=S)Nc2cc(CN3CCOCCOCCN(Cc4cccc(C(=O)O)n4)CCOCCOCC3)nc(C(=O)O)c2)CC(=O)c2ccc(NC(=S)CCCN(CCN)CCCN(C)c3ccc4nccc(C(=O)NCC(=O)N5CC(F)(F)CC5C#N)c4c3)cc2)cc1)CC(=O)O. The maximum atomic E-state index is 14.3. The van der Waals surface area contributed by atoms with E-state index in [9.17, 15) is 77.9 Å². The van der Waals surface area contributed by atoms with E-state index in [0.29, 0.717) is 188 Å². The Morgan fingerprint density at radius 3 is 1.82 bits per heavy atom. The zero-order valence-corrected chi connectivity index (χ0v) is 74.4. The first-order valence-electron chi connectivity index (χ1n) is 42.3. The third kappa shape index (κ3) is 37.2. The Labute approximate surface area is 758 Å². The first kappa shape index (κ1) is 103. The number of alkyl halides is 2. The molecule has 6 aromatic rings. The second-order valence-corrected chi connectivity index (χ2v) is 31.9. The average Bonchev–Trinajstić information content (AvgIpc) is 1.10. The molecule has 2 aliphatic rings. The number of aliphatic carboxylic acids is 3. The highest BCUT2D eigenvalue weighted by atomic mass is 32.1. The topological polar surface area (TPSA) is 473 Å². The third-order valence-corrected chi connectivity index (χ3v) is 21.7. The molecule has 37 nitrogen and oxygen atoms in total. The number of likely N-dealkylation sites (N-methyl/N-ethyl adjacent to an activating group) is 1. The van der Waals surface area contributed by atoms with Crippen LogP contribution in [-0.4, -0.2) is 366 Å². The summed E-state index contributed by atoms with van der Waals surface area (Å²) in [5.74, 6) is -10.3. The number of ether oxygens (including phenoxy) is 4. The summed E-state index contributed by atoms with van der Waals surface area (Å²) in [4.78, 5) is 128. The Morgan fingerprint density at radius 1 is 0.617 bits per heavy atom. The first-order chi connectivity index (χ1) is 61.5. The van der Waals surface area contributed by atoms with Crippen molar-refractivity contribution in [1.29, 1.82) is 5.26 Å². The number of anilines is 4. The maximum Gasteiger partial charge on any atom is 0.354 e. The maximum absolute atomic E-state index is 14.3. The number of hydrogen-bond acceptors (Lipinski definition) is 28. The first-order valence-corrected chi connectivity index (χ1v) is 43.5. The average molecular weight is 1840 g/mol. The Hall–Kier alpha value is -10.7. The van der Waals surface area contributed by atoms with E-state index in [1.54, 1.807) is 83.5 Å². The van der Waals surface area contributed by atoms with Gasteiger partial charge in [0.15, 0.2) is 21.7 Å². The largest absolute Gasteiger partial charge is 0.480 e. The lowest BCUT2D eigenvalue weighted by molar-refractivity contribution is -0.140. The molecule has 3 aromatic carbocycles. The third-order valence-electron chi connectivity index (χ3n) is 20.9. The Bertz CT molecular complexity index is 4690. The molecule has 0 bridgehead atoms. The Morgan fingerprint density at radius 2 is 1.22 bits per heavy atom. The molecule has 128 heavy (non-hydrogen) atoms. The van der Waals surface area contributed by atoms with Crippen LogP contribution in [0.2, 0.25) is 0 Å². The summed E-state index contributed by atoms with van der Waals surface area (Å²) in [6, 6.07) is 29.3. The molecule has 8 rings (SSSR count). The predicted octanol–water partition coefficient (Wildman–Crippen LogP) is 4.44. The van der Waals surface area contributed by atoms with Gasteiger partial charge in [0.1, 0.15) is 11.7 Å². The molecule has 5 heterocycles. The number of halogens is 2. The second-order valence-electron chi connectivity index (χ2n) is 30.6. The van der Waals surface area contributed by atoms with Crippen LogP contribution in [0.1, 0.15) is 91.3 Å². The van der Waals surface area contributed by atoms with Gasteiger partial charge < -0.3 is 102 Å². The van der Waals surface area contributed by atoms with E-state index in [-0.39, 0.29) is 105 Å². The molecule has 2 saturated heterocycles. The van der Waals surface area contributed by atoms with Crippen molar-refractivity contribution in [1.82, 2.24) is 70.5 Å². The highest BCUT2D eigenvalue weighted by molar-refractivity contribution is 7.81. The number of nitriles is 1. The summed E-state index contributed by atoms with van der Waals surface area (Å²) in [5.41, 5.74) is 11.4. The number of pyridine rings is 3. The highest BCUT2D eigenvalue weighted by Crippen LogP contribution is 2.32. The van der Waals surface area contributed by atoms with E-state index in [1.165, 1.54) is 24.4 Å². The van der Waals surface area contributed by atoms with Crippen molar-refractivity contribution in [2.45, 2.75) is 70.1 Å². The molecule has 3 aromatic heterocycles. The fourth-order valence-corrected chi connectivity index (χ4v) is 15.0. The standard InChI is InChI=1S/C86H116F2N20O17S3/c1-3-102(57-79(113)114)31-32-107(58-80(115)116)68(51-91-53-78(111)112)45-60-10-14-63(15-11-60)99-84(127)93-23-29-104(30-24-94-85(128)100-65-46-66(97-74(47-65)83(120)121)55-106-35-39-124-43-41-122-37-33-105(34-38-123-42-44-125-40-36-106)54-64-7-4-8-73(96-64)82(118)119)56-75(109)61-12-16-62(17-13-61)98-76(126)9-5-26-103(28-21-89)27-6-25-101(2)67-18-19-72-71(48-67)70(20-22-92-72)81(117)95-52-77(110)108-59-86(87,88)49-69(108)50-90/h4,7-8,10-20,22,46-48,68-69,91H,3,5-6,9,21,23-45,49,51-59,89H2,1-2H3,(H,95,117)(H,98,126)(H,111,112)(H,113,114)(H,115,116)(H,118,119)(H,120,121)(H2,93,99,127)(H2,94,97,100,128). The van der Waals surface area contributed by atoms with Crippen molar-refractivity contribution < 1.29 is 91.6 Å². The number of likely N-dealkylation sites (tertiary alicyclic amines) is 1. The monoisotopic (exact) mass is 1830 g/mol. The summed E-state index contributed by atoms with van der Waals surface area (Å²) in [7, 11) is 1.93. The molecule has 2 fully saturated rings. The number of carboxylic acid groups (broad SMARTS) is 5. The van der Waals surface area contributed by atoms with Crippen LogP contribution in [0.3, 0.4) is 0 Å². The number of nitrogens with one attached hydrogen (secondary N) is 7. The van der Waals surface area contributed by atoms with Crippen LogP contribution < -0.4 is 47.9 Å². The number of benzene rings is 3. The number of thiocarbonyl (C=S) groups is 3. The molecule has 694 valence electrons. The summed E-state index contributed by atoms with van der Waals surface area (Å²) < 4.78 is 51.9. The van der Waals surface area contributed by atoms with Crippen molar-refractivity contribution >= 4 is 133 Å². The molecular formula is C86H116F2N20O17S3. The van der Waals surface area contributed by atoms with Crippen molar-refractivity contribution in [3.8, 4) is 6.07 Å². The molecule has 0 aliphatic carbocycles. The van der Waals surface area contributed by atoms with Crippen LogP contribution in [0.15, 0.2) is 109 Å². The number of ketones is 1. The normalized spacial score (nSPS) is 15.3. The van der Waals surface area contributed by atoms with Crippen molar-refractivity contribution in [3.05, 3.63) is 149 Å². The van der Waals surface area contributed by atoms with E-state index in [2.05, 4.69) is 66.9 Å². The van der Waals surface area contributed by atoms with Gasteiger partial charge in [-0.3, -0.25) is 58.3 Å². The number of carboxylic acids is 5. The predicted molar refractivity (Wildman–Crippen MR) is 489 cm³/mol. The lowest BCUT2D eigenvalue weighted by Crippen LogP contribution is -2.49. The van der Waals surface area contributed by atoms with Gasteiger partial charge in [-0.05, 0) is 160 Å². The molecular weight excluding hydrogens is 1720 g/mol. The Kier molecular flexibility index (Phi) is 43.8. The van der Waals surface area contributed by atoms with Gasteiger partial charge in [0.25, 0.3) is 11.8 Å². The molecule has 0 saturated carbocycles. The van der Waals surface area contributed by atoms with E-state index < -0.39 is 79.2 Å². The zero-order valence-electron chi connectivity index (χ0n) is 72.0. The molecule has 2 atom stereocenters. The number of fused-ring (bicyclic) bond motifs is 1. The highest BCUT2D eigenvalue weighted by Gasteiger charge is 2.47. The lowest BCUT2D eigenvalue weighted by atomic mass is 10.0. The second kappa shape index (κ2) is 54.6. The summed E-state index contributed by atoms with van der Waals surface area (Å²) >= 11 is 17.4. The van der Waals surface area contributed by atoms with Gasteiger partial charge in [0.05, 0.1) is 126 Å². The van der Waals surface area contributed by atoms with Gasteiger partial charge in [-0.25, -0.2) is 28.3 Å². The summed E-state index contributed by atoms with van der Waals surface area (Å²) in [5, 5.41) is 80.3. The molecule has 2 unspecified atom stereocenters. The lowest BCUT2D eigenvalue weighted by Gasteiger charge is -2.32. The summed E-state index contributed by atoms with van der Waals surface area (Å²) in [6.07, 6.45) is 3.07. The number of nitrogens with zero attached hydrogens (tertiary/aromatic N) is 12.